The molecule has 0 saturated carbocycles. The van der Waals surface area contributed by atoms with Crippen molar-refractivity contribution in [1.82, 2.24) is 0 Å². The van der Waals surface area contributed by atoms with Crippen LogP contribution in [-0.4, -0.2) is 12.1 Å². The Labute approximate surface area is 160 Å². The van der Waals surface area contributed by atoms with Crippen molar-refractivity contribution in [1.29, 1.82) is 0 Å². The summed E-state index contributed by atoms with van der Waals surface area (Å²) in [5.41, 5.74) is 2.89. The van der Waals surface area contributed by atoms with E-state index in [1.807, 2.05) is 48.5 Å². The van der Waals surface area contributed by atoms with E-state index in [9.17, 15) is 9.59 Å². The van der Waals surface area contributed by atoms with E-state index in [0.717, 1.165) is 18.3 Å². The Morgan fingerprint density at radius 1 is 0.889 bits per heavy atom. The Bertz CT molecular complexity index is 954. The molecule has 0 spiro atoms. The third-order valence-electron chi connectivity index (χ3n) is 4.73. The molecule has 1 atom stereocenters. The number of carbonyl (C=O) groups is 2. The van der Waals surface area contributed by atoms with Crippen LogP contribution in [0.2, 0.25) is 0 Å². The molecule has 3 aromatic carbocycles. The maximum atomic E-state index is 12.6. The molecular weight excluding hydrogens is 332 g/mol. The second-order valence-corrected chi connectivity index (χ2v) is 7.08. The second kappa shape index (κ2) is 9.09. The number of aldehydes is 1. The summed E-state index contributed by atoms with van der Waals surface area (Å²) in [5.74, 6) is 0.217. The van der Waals surface area contributed by atoms with Crippen molar-refractivity contribution >= 4 is 22.8 Å². The number of carbonyl (C=O) groups excluding carboxylic acids is 2. The normalized spacial score (nSPS) is 12.7. The number of Topliss-reactive ketones (excluding diaryl/α,β-unsaturated/α-hetero) is 1. The molecule has 0 aromatic heterocycles. The number of ketones is 1. The van der Waals surface area contributed by atoms with Gasteiger partial charge in [-0.1, -0.05) is 78.9 Å². The van der Waals surface area contributed by atoms with E-state index in [1.54, 1.807) is 6.92 Å². The topological polar surface area (TPSA) is 34.1 Å². The van der Waals surface area contributed by atoms with Gasteiger partial charge in [0.1, 0.15) is 12.1 Å². The molecule has 3 rings (SSSR count). The molecule has 2 nitrogen and oxygen atoms in total. The SMILES string of the molecule is CC(C=O)=CC(CC(=O)Cc1ccccc1)Cc1ccc2ccccc2c1. The van der Waals surface area contributed by atoms with Gasteiger partial charge in [0.25, 0.3) is 0 Å². The molecule has 0 fully saturated rings. The summed E-state index contributed by atoms with van der Waals surface area (Å²) in [5, 5.41) is 2.40. The van der Waals surface area contributed by atoms with Crippen molar-refractivity contribution in [3.63, 3.8) is 0 Å². The molecule has 0 aliphatic rings. The molecule has 0 N–H and O–H groups in total. The predicted octanol–water partition coefficient (Wildman–Crippen LogP) is 5.35. The summed E-state index contributed by atoms with van der Waals surface area (Å²) in [6.07, 6.45) is 4.41. The van der Waals surface area contributed by atoms with Gasteiger partial charge in [0.2, 0.25) is 0 Å². The Hall–Kier alpha value is -3.00. The fourth-order valence-corrected chi connectivity index (χ4v) is 3.46. The van der Waals surface area contributed by atoms with Crippen LogP contribution in [0.3, 0.4) is 0 Å². The van der Waals surface area contributed by atoms with Gasteiger partial charge in [-0.15, -0.1) is 0 Å². The van der Waals surface area contributed by atoms with Gasteiger partial charge in [0.15, 0.2) is 0 Å². The van der Waals surface area contributed by atoms with Gasteiger partial charge in [0, 0.05) is 12.8 Å². The highest BCUT2D eigenvalue weighted by Gasteiger charge is 2.14. The summed E-state index contributed by atoms with van der Waals surface area (Å²) in [7, 11) is 0. The third-order valence-corrected chi connectivity index (χ3v) is 4.73. The van der Waals surface area contributed by atoms with Gasteiger partial charge in [-0.25, -0.2) is 0 Å². The molecular formula is C25H24O2. The standard InChI is InChI=1S/C25H24O2/c1-19(18-26)13-22(17-25(27)16-20-7-3-2-4-8-20)14-21-11-12-23-9-5-6-10-24(23)15-21/h2-13,15,18,22H,14,16-17H2,1H3. The van der Waals surface area contributed by atoms with Crippen molar-refractivity contribution in [2.45, 2.75) is 26.2 Å². The minimum absolute atomic E-state index is 0.0209. The minimum atomic E-state index is 0.0209. The molecule has 1 unspecified atom stereocenters. The van der Waals surface area contributed by atoms with Crippen LogP contribution in [0.15, 0.2) is 84.4 Å². The van der Waals surface area contributed by atoms with Crippen molar-refractivity contribution < 1.29 is 9.59 Å². The molecule has 27 heavy (non-hydrogen) atoms. The first kappa shape index (κ1) is 18.8. The Morgan fingerprint density at radius 2 is 1.59 bits per heavy atom. The zero-order valence-electron chi connectivity index (χ0n) is 15.6. The van der Waals surface area contributed by atoms with Gasteiger partial charge in [-0.2, -0.15) is 0 Å². The molecule has 0 amide bonds. The van der Waals surface area contributed by atoms with Crippen LogP contribution in [0.25, 0.3) is 10.8 Å². The average Bonchev–Trinajstić information content (AvgIpc) is 2.68. The highest BCUT2D eigenvalue weighted by atomic mass is 16.1. The maximum Gasteiger partial charge on any atom is 0.145 e. The number of benzene rings is 3. The lowest BCUT2D eigenvalue weighted by Gasteiger charge is -2.14. The zero-order chi connectivity index (χ0) is 19.1. The molecule has 0 bridgehead atoms. The van der Waals surface area contributed by atoms with Crippen molar-refractivity contribution in [3.05, 3.63) is 95.6 Å². The van der Waals surface area contributed by atoms with E-state index in [2.05, 4.69) is 30.3 Å². The molecule has 0 aliphatic heterocycles. The summed E-state index contributed by atoms with van der Waals surface area (Å²) in [6.45, 7) is 1.79. The molecule has 2 heteroatoms. The number of fused-ring (bicyclic) bond motifs is 1. The minimum Gasteiger partial charge on any atom is -0.299 e. The van der Waals surface area contributed by atoms with Crippen molar-refractivity contribution in [2.24, 2.45) is 5.92 Å². The van der Waals surface area contributed by atoms with Crippen molar-refractivity contribution in [3.8, 4) is 0 Å². The second-order valence-electron chi connectivity index (χ2n) is 7.08. The van der Waals surface area contributed by atoms with Crippen LogP contribution >= 0.6 is 0 Å². The monoisotopic (exact) mass is 356 g/mol. The molecule has 0 radical (unpaired) electrons. The first-order chi connectivity index (χ1) is 13.1. The lowest BCUT2D eigenvalue weighted by molar-refractivity contribution is -0.119. The summed E-state index contributed by atoms with van der Waals surface area (Å²) in [6, 6.07) is 24.5. The first-order valence-corrected chi connectivity index (χ1v) is 9.31. The van der Waals surface area contributed by atoms with Crippen molar-refractivity contribution in [2.75, 3.05) is 0 Å². The lowest BCUT2D eigenvalue weighted by Crippen LogP contribution is -2.12. The van der Waals surface area contributed by atoms with Gasteiger partial charge >= 0.3 is 0 Å². The van der Waals surface area contributed by atoms with Crippen LogP contribution in [0.1, 0.15) is 24.5 Å². The first-order valence-electron chi connectivity index (χ1n) is 9.31. The fourth-order valence-electron chi connectivity index (χ4n) is 3.46. The van der Waals surface area contributed by atoms with E-state index in [-0.39, 0.29) is 11.7 Å². The van der Waals surface area contributed by atoms with E-state index in [0.29, 0.717) is 18.4 Å². The highest BCUT2D eigenvalue weighted by Crippen LogP contribution is 2.21. The summed E-state index contributed by atoms with van der Waals surface area (Å²) < 4.78 is 0. The van der Waals surface area contributed by atoms with Gasteiger partial charge in [-0.05, 0) is 46.7 Å². The Morgan fingerprint density at radius 3 is 2.33 bits per heavy atom. The number of allylic oxidation sites excluding steroid dienone is 2. The van der Waals surface area contributed by atoms with Crippen LogP contribution in [0.4, 0.5) is 0 Å². The van der Waals surface area contributed by atoms with Crippen LogP contribution in [-0.2, 0) is 22.4 Å². The maximum absolute atomic E-state index is 12.6. The van der Waals surface area contributed by atoms with Gasteiger partial charge < -0.3 is 0 Å². The largest absolute Gasteiger partial charge is 0.299 e. The quantitative estimate of drug-likeness (QED) is 0.403. The summed E-state index contributed by atoms with van der Waals surface area (Å²) in [4.78, 5) is 23.7. The molecule has 0 heterocycles. The summed E-state index contributed by atoms with van der Waals surface area (Å²) >= 11 is 0. The smallest absolute Gasteiger partial charge is 0.145 e. The number of hydrogen-bond acceptors (Lipinski definition) is 2. The number of hydrogen-bond donors (Lipinski definition) is 0. The average molecular weight is 356 g/mol. The Balaban J connectivity index is 1.75. The van der Waals surface area contributed by atoms with Gasteiger partial charge in [-0.3, -0.25) is 9.59 Å². The Kier molecular flexibility index (Phi) is 6.32. The predicted molar refractivity (Wildman–Crippen MR) is 111 cm³/mol. The van der Waals surface area contributed by atoms with Gasteiger partial charge in [0.05, 0.1) is 0 Å². The molecule has 3 aromatic rings. The van der Waals surface area contributed by atoms with E-state index < -0.39 is 0 Å². The molecule has 0 saturated heterocycles. The highest BCUT2D eigenvalue weighted by molar-refractivity contribution is 5.83. The van der Waals surface area contributed by atoms with E-state index >= 15 is 0 Å². The third kappa shape index (κ3) is 5.49. The number of rotatable bonds is 8. The van der Waals surface area contributed by atoms with E-state index in [4.69, 9.17) is 0 Å². The lowest BCUT2D eigenvalue weighted by atomic mass is 9.90. The zero-order valence-corrected chi connectivity index (χ0v) is 15.6. The molecule has 136 valence electrons. The molecule has 0 aliphatic carbocycles. The fraction of sp³-hybridized carbons (Fsp3) is 0.200. The van der Waals surface area contributed by atoms with Crippen LogP contribution < -0.4 is 0 Å². The van der Waals surface area contributed by atoms with Crippen LogP contribution in [0, 0.1) is 5.92 Å². The van der Waals surface area contributed by atoms with E-state index in [1.165, 1.54) is 16.3 Å². The van der Waals surface area contributed by atoms with Crippen LogP contribution in [0.5, 0.6) is 0 Å².